The minimum atomic E-state index is -0.0321. The first-order valence-corrected chi connectivity index (χ1v) is 21.3. The van der Waals surface area contributed by atoms with Crippen LogP contribution in [-0.4, -0.2) is 14.2 Å². The third-order valence-electron chi connectivity index (χ3n) is 9.54. The van der Waals surface area contributed by atoms with Gasteiger partial charge >= 0.3 is 0 Å². The molecule has 6 heteroatoms. The maximum Gasteiger partial charge on any atom is 0.126 e. The highest BCUT2D eigenvalue weighted by Crippen LogP contribution is 2.49. The summed E-state index contributed by atoms with van der Waals surface area (Å²) in [6.45, 7) is 27.3. The lowest BCUT2D eigenvalue weighted by Gasteiger charge is -2.30. The molecule has 274 valence electrons. The zero-order chi connectivity index (χ0) is 38.0. The SMILES string of the molecule is COc1c(C(C)(C)C)cc(-c2ccc(-c3ccc(-c4ccc(-c5ccc(-c6cc(C(C)(C)C)c(OC)c(C(C)(C)C)c6)s5)s4)s3)s2)cc1C(C)(C)C. The maximum absolute atomic E-state index is 6.03. The second-order valence-corrected chi connectivity index (χ2v) is 22.2. The summed E-state index contributed by atoms with van der Waals surface area (Å²) in [6, 6.07) is 27.7. The van der Waals surface area contributed by atoms with E-state index in [0.717, 1.165) is 11.5 Å². The van der Waals surface area contributed by atoms with E-state index in [4.69, 9.17) is 9.47 Å². The monoisotopic (exact) mass is 766 g/mol. The Morgan fingerprint density at radius 3 is 0.712 bits per heavy atom. The van der Waals surface area contributed by atoms with Crippen LogP contribution in [0.25, 0.3) is 50.1 Å². The normalized spacial score (nSPS) is 12.8. The second kappa shape index (κ2) is 13.9. The first-order chi connectivity index (χ1) is 24.2. The molecule has 2 aromatic carbocycles. The van der Waals surface area contributed by atoms with Gasteiger partial charge in [0.25, 0.3) is 0 Å². The molecule has 0 saturated carbocycles. The van der Waals surface area contributed by atoms with E-state index < -0.39 is 0 Å². The average molecular weight is 767 g/mol. The van der Waals surface area contributed by atoms with E-state index >= 15 is 0 Å². The number of hydrogen-bond acceptors (Lipinski definition) is 6. The number of rotatable bonds is 7. The molecule has 4 aromatic heterocycles. The molecule has 0 aliphatic carbocycles. The van der Waals surface area contributed by atoms with Crippen molar-refractivity contribution < 1.29 is 9.47 Å². The highest BCUT2D eigenvalue weighted by molar-refractivity contribution is 7.29. The number of hydrogen-bond donors (Lipinski definition) is 0. The predicted molar refractivity (Wildman–Crippen MR) is 233 cm³/mol. The molecule has 0 saturated heterocycles. The Bertz CT molecular complexity index is 1980. The van der Waals surface area contributed by atoms with E-state index in [1.807, 2.05) is 45.3 Å². The Labute approximate surface area is 328 Å². The van der Waals surface area contributed by atoms with Gasteiger partial charge in [0.1, 0.15) is 11.5 Å². The standard InChI is InChI=1S/C46H54O2S4/c1-43(2,3)29-23-27(24-30(41(29)47-13)44(4,5)6)33-15-17-35(49-33)37-19-21-39(51-37)40-22-20-38(52-40)36-18-16-34(50-36)28-25-31(45(7,8)9)42(48-14)32(26-28)46(10,11)12/h15-26H,1-14H3. The van der Waals surface area contributed by atoms with Gasteiger partial charge in [-0.2, -0.15) is 0 Å². The van der Waals surface area contributed by atoms with Crippen molar-refractivity contribution in [1.82, 2.24) is 0 Å². The second-order valence-electron chi connectivity index (χ2n) is 17.9. The third-order valence-corrected chi connectivity index (χ3v) is 14.6. The van der Waals surface area contributed by atoms with Gasteiger partial charge in [-0.1, -0.05) is 83.1 Å². The number of thiophene rings is 4. The van der Waals surface area contributed by atoms with Crippen LogP contribution in [0.5, 0.6) is 11.5 Å². The van der Waals surface area contributed by atoms with Gasteiger partial charge < -0.3 is 9.47 Å². The van der Waals surface area contributed by atoms with Crippen molar-refractivity contribution in [3.05, 3.63) is 95.1 Å². The molecule has 0 spiro atoms. The lowest BCUT2D eigenvalue weighted by atomic mass is 9.78. The Hall–Kier alpha value is -3.16. The molecule has 2 nitrogen and oxygen atoms in total. The summed E-state index contributed by atoms with van der Waals surface area (Å²) in [6.07, 6.45) is 0. The minimum absolute atomic E-state index is 0.0321. The molecular weight excluding hydrogens is 713 g/mol. The van der Waals surface area contributed by atoms with Crippen molar-refractivity contribution in [2.24, 2.45) is 0 Å². The topological polar surface area (TPSA) is 18.5 Å². The minimum Gasteiger partial charge on any atom is -0.496 e. The molecular formula is C46H54O2S4. The lowest BCUT2D eigenvalue weighted by molar-refractivity contribution is 0.381. The molecule has 0 radical (unpaired) electrons. The van der Waals surface area contributed by atoms with Gasteiger partial charge in [0.05, 0.1) is 14.2 Å². The summed E-state index contributed by atoms with van der Waals surface area (Å²) in [5.41, 5.74) is 7.42. The van der Waals surface area contributed by atoms with Crippen LogP contribution >= 0.6 is 45.3 Å². The quantitative estimate of drug-likeness (QED) is 0.161. The molecule has 6 aromatic rings. The van der Waals surface area contributed by atoms with Crippen LogP contribution in [0.4, 0.5) is 0 Å². The van der Waals surface area contributed by atoms with Gasteiger partial charge in [-0.15, -0.1) is 45.3 Å². The summed E-state index contributed by atoms with van der Waals surface area (Å²) >= 11 is 7.52. The van der Waals surface area contributed by atoms with Gasteiger partial charge in [-0.05, 0) is 106 Å². The highest BCUT2D eigenvalue weighted by atomic mass is 32.1. The fourth-order valence-electron chi connectivity index (χ4n) is 6.67. The van der Waals surface area contributed by atoms with Crippen molar-refractivity contribution in [3.8, 4) is 61.6 Å². The van der Waals surface area contributed by atoms with Gasteiger partial charge in [0.15, 0.2) is 0 Å². The maximum atomic E-state index is 6.03. The number of methoxy groups -OCH3 is 2. The Morgan fingerprint density at radius 2 is 0.519 bits per heavy atom. The molecule has 4 heterocycles. The zero-order valence-corrected chi connectivity index (χ0v) is 36.6. The van der Waals surface area contributed by atoms with Gasteiger partial charge in [-0.25, -0.2) is 0 Å². The van der Waals surface area contributed by atoms with E-state index in [1.54, 1.807) is 14.2 Å². The predicted octanol–water partition coefficient (Wildman–Crippen LogP) is 15.5. The molecule has 6 rings (SSSR count). The van der Waals surface area contributed by atoms with Crippen molar-refractivity contribution >= 4 is 45.3 Å². The Morgan fingerprint density at radius 1 is 0.327 bits per heavy atom. The van der Waals surface area contributed by atoms with Crippen molar-refractivity contribution in [2.75, 3.05) is 14.2 Å². The largest absolute Gasteiger partial charge is 0.496 e. The van der Waals surface area contributed by atoms with Crippen LogP contribution in [-0.2, 0) is 21.7 Å². The summed E-state index contributed by atoms with van der Waals surface area (Å²) < 4.78 is 12.1. The van der Waals surface area contributed by atoms with Gasteiger partial charge in [0, 0.05) is 61.3 Å². The highest BCUT2D eigenvalue weighted by Gasteiger charge is 2.30. The average Bonchev–Trinajstić information content (AvgIpc) is 3.87. The Kier molecular flexibility index (Phi) is 10.3. The van der Waals surface area contributed by atoms with Crippen molar-refractivity contribution in [2.45, 2.75) is 105 Å². The van der Waals surface area contributed by atoms with Crippen LogP contribution in [0.2, 0.25) is 0 Å². The van der Waals surface area contributed by atoms with E-state index in [1.165, 1.54) is 72.4 Å². The van der Waals surface area contributed by atoms with Crippen LogP contribution in [0.1, 0.15) is 105 Å². The van der Waals surface area contributed by atoms with Crippen LogP contribution in [0.3, 0.4) is 0 Å². The Balaban J connectivity index is 1.28. The molecule has 52 heavy (non-hydrogen) atoms. The fourth-order valence-corrected chi connectivity index (χ4v) is 10.9. The van der Waals surface area contributed by atoms with E-state index in [0.29, 0.717) is 0 Å². The summed E-state index contributed by atoms with van der Waals surface area (Å²) in [4.78, 5) is 10.4. The number of benzene rings is 2. The molecule has 0 atom stereocenters. The molecule has 0 N–H and O–H groups in total. The molecule has 0 fully saturated rings. The smallest absolute Gasteiger partial charge is 0.126 e. The van der Waals surface area contributed by atoms with Crippen LogP contribution in [0.15, 0.2) is 72.8 Å². The lowest BCUT2D eigenvalue weighted by Crippen LogP contribution is -2.19. The summed E-state index contributed by atoms with van der Waals surface area (Å²) in [5, 5.41) is 0. The van der Waals surface area contributed by atoms with Crippen molar-refractivity contribution in [1.29, 1.82) is 0 Å². The molecule has 0 aliphatic heterocycles. The zero-order valence-electron chi connectivity index (χ0n) is 33.4. The van der Waals surface area contributed by atoms with Gasteiger partial charge in [0.2, 0.25) is 0 Å². The van der Waals surface area contributed by atoms with E-state index in [2.05, 4.69) is 156 Å². The first-order valence-electron chi connectivity index (χ1n) is 18.1. The summed E-state index contributed by atoms with van der Waals surface area (Å²) in [5.74, 6) is 2.03. The summed E-state index contributed by atoms with van der Waals surface area (Å²) in [7, 11) is 3.61. The molecule has 0 aliphatic rings. The van der Waals surface area contributed by atoms with E-state index in [-0.39, 0.29) is 21.7 Å². The third kappa shape index (κ3) is 7.73. The molecule has 0 bridgehead atoms. The molecule has 0 amide bonds. The van der Waals surface area contributed by atoms with E-state index in [9.17, 15) is 0 Å². The molecule has 0 unspecified atom stereocenters. The van der Waals surface area contributed by atoms with Crippen LogP contribution in [0, 0.1) is 0 Å². The fraction of sp³-hybridized carbons (Fsp3) is 0.391. The van der Waals surface area contributed by atoms with Gasteiger partial charge in [-0.3, -0.25) is 0 Å². The first kappa shape index (κ1) is 38.6. The number of ether oxygens (including phenoxy) is 2. The van der Waals surface area contributed by atoms with Crippen molar-refractivity contribution in [3.63, 3.8) is 0 Å². The van der Waals surface area contributed by atoms with Crippen LogP contribution < -0.4 is 9.47 Å².